The number of benzene rings is 1. The monoisotopic (exact) mass is 396 g/mol. The van der Waals surface area contributed by atoms with E-state index in [1.807, 2.05) is 50.4 Å². The summed E-state index contributed by atoms with van der Waals surface area (Å²) < 4.78 is 1.68. The number of aryl methyl sites for hydroxylation is 2. The Hall–Kier alpha value is -2.37. The summed E-state index contributed by atoms with van der Waals surface area (Å²) in [6.07, 6.45) is 2.54. The van der Waals surface area contributed by atoms with Gasteiger partial charge in [-0.15, -0.1) is 0 Å². The van der Waals surface area contributed by atoms with E-state index in [1.54, 1.807) is 4.40 Å². The third-order valence-corrected chi connectivity index (χ3v) is 5.81. The number of fused-ring (bicyclic) bond motifs is 1. The number of rotatable bonds is 4. The van der Waals surface area contributed by atoms with E-state index < -0.39 is 0 Å². The van der Waals surface area contributed by atoms with E-state index in [2.05, 4.69) is 20.9 Å². The fourth-order valence-electron chi connectivity index (χ4n) is 3.90. The van der Waals surface area contributed by atoms with Crippen molar-refractivity contribution >= 4 is 22.9 Å². The molecule has 0 spiro atoms. The lowest BCUT2D eigenvalue weighted by molar-refractivity contribution is 0.260. The van der Waals surface area contributed by atoms with E-state index in [4.69, 9.17) is 11.6 Å². The van der Waals surface area contributed by atoms with E-state index in [0.717, 1.165) is 66.6 Å². The van der Waals surface area contributed by atoms with Gasteiger partial charge >= 0.3 is 0 Å². The summed E-state index contributed by atoms with van der Waals surface area (Å²) in [6, 6.07) is 11.9. The van der Waals surface area contributed by atoms with Crippen LogP contribution in [0.4, 0.5) is 5.69 Å². The lowest BCUT2D eigenvalue weighted by atomic mass is 10.1. The van der Waals surface area contributed by atoms with Gasteiger partial charge in [-0.05, 0) is 50.1 Å². The molecule has 28 heavy (non-hydrogen) atoms. The van der Waals surface area contributed by atoms with Crippen LogP contribution in [0.2, 0.25) is 5.02 Å². The molecule has 0 N–H and O–H groups in total. The number of nitrogens with zero attached hydrogens (tertiary/aromatic N) is 4. The van der Waals surface area contributed by atoms with Gasteiger partial charge in [-0.25, -0.2) is 4.98 Å². The van der Waals surface area contributed by atoms with Crippen LogP contribution in [0.15, 0.2) is 47.4 Å². The van der Waals surface area contributed by atoms with Crippen LogP contribution in [0.5, 0.6) is 0 Å². The molecule has 0 saturated carbocycles. The van der Waals surface area contributed by atoms with Gasteiger partial charge < -0.3 is 4.90 Å². The van der Waals surface area contributed by atoms with Crippen LogP contribution in [0.3, 0.4) is 0 Å². The van der Waals surface area contributed by atoms with Crippen LogP contribution >= 0.6 is 11.6 Å². The summed E-state index contributed by atoms with van der Waals surface area (Å²) in [5.41, 5.74) is 4.67. The van der Waals surface area contributed by atoms with Crippen LogP contribution in [0.1, 0.15) is 16.8 Å². The number of aromatic nitrogens is 2. The number of anilines is 1. The first-order valence-electron chi connectivity index (χ1n) is 9.73. The van der Waals surface area contributed by atoms with Crippen molar-refractivity contribution in [2.75, 3.05) is 37.6 Å². The van der Waals surface area contributed by atoms with Crippen LogP contribution in [-0.2, 0) is 6.42 Å². The highest BCUT2D eigenvalue weighted by molar-refractivity contribution is 6.30. The van der Waals surface area contributed by atoms with Crippen LogP contribution in [-0.4, -0.2) is 47.0 Å². The molecule has 3 heterocycles. The zero-order valence-electron chi connectivity index (χ0n) is 16.4. The topological polar surface area (TPSA) is 40.9 Å². The minimum Gasteiger partial charge on any atom is -0.369 e. The van der Waals surface area contributed by atoms with E-state index in [9.17, 15) is 4.79 Å². The molecular formula is C22H25ClN4O. The molecule has 1 fully saturated rings. The summed E-state index contributed by atoms with van der Waals surface area (Å²) in [7, 11) is 0. The molecular weight excluding hydrogens is 372 g/mol. The smallest absolute Gasteiger partial charge is 0.261 e. The highest BCUT2D eigenvalue weighted by Gasteiger charge is 2.18. The Morgan fingerprint density at radius 2 is 1.86 bits per heavy atom. The zero-order chi connectivity index (χ0) is 19.7. The number of hydrogen-bond donors (Lipinski definition) is 0. The second-order valence-electron chi connectivity index (χ2n) is 7.42. The zero-order valence-corrected chi connectivity index (χ0v) is 17.1. The lowest BCUT2D eigenvalue weighted by Crippen LogP contribution is -2.47. The van der Waals surface area contributed by atoms with E-state index in [-0.39, 0.29) is 5.56 Å². The van der Waals surface area contributed by atoms with Gasteiger partial charge in [0.15, 0.2) is 0 Å². The van der Waals surface area contributed by atoms with E-state index in [1.165, 1.54) is 5.69 Å². The van der Waals surface area contributed by atoms with Crippen molar-refractivity contribution in [2.45, 2.75) is 20.3 Å². The second kappa shape index (κ2) is 7.94. The van der Waals surface area contributed by atoms with Gasteiger partial charge in [0.1, 0.15) is 5.65 Å². The molecule has 0 amide bonds. The molecule has 0 atom stereocenters. The van der Waals surface area contributed by atoms with Gasteiger partial charge in [-0.2, -0.15) is 0 Å². The summed E-state index contributed by atoms with van der Waals surface area (Å²) in [4.78, 5) is 22.4. The molecule has 1 aromatic carbocycles. The second-order valence-corrected chi connectivity index (χ2v) is 7.86. The van der Waals surface area contributed by atoms with Gasteiger partial charge in [0, 0.05) is 60.9 Å². The van der Waals surface area contributed by atoms with Gasteiger partial charge in [0.25, 0.3) is 5.56 Å². The van der Waals surface area contributed by atoms with E-state index >= 15 is 0 Å². The average Bonchev–Trinajstić information content (AvgIpc) is 2.69. The number of piperazine rings is 1. The maximum absolute atomic E-state index is 12.9. The molecule has 0 aliphatic carbocycles. The summed E-state index contributed by atoms with van der Waals surface area (Å²) >= 11 is 6.12. The molecule has 6 heteroatoms. The number of hydrogen-bond acceptors (Lipinski definition) is 4. The summed E-state index contributed by atoms with van der Waals surface area (Å²) in [5, 5.41) is 0.773. The molecule has 1 aliphatic heterocycles. The third-order valence-electron chi connectivity index (χ3n) is 5.57. The summed E-state index contributed by atoms with van der Waals surface area (Å²) in [5.74, 6) is 0. The molecule has 4 rings (SSSR count). The largest absolute Gasteiger partial charge is 0.369 e. The first-order chi connectivity index (χ1) is 13.5. The summed E-state index contributed by atoms with van der Waals surface area (Å²) in [6.45, 7) is 8.69. The highest BCUT2D eigenvalue weighted by Crippen LogP contribution is 2.21. The van der Waals surface area contributed by atoms with Gasteiger partial charge in [0.05, 0.1) is 0 Å². The van der Waals surface area contributed by atoms with Crippen LogP contribution in [0.25, 0.3) is 5.65 Å². The van der Waals surface area contributed by atoms with Crippen LogP contribution < -0.4 is 10.5 Å². The first-order valence-corrected chi connectivity index (χ1v) is 10.1. The standard InChI is InChI=1S/C22H25ClN4O/c1-16-5-4-9-27-21(16)24-17(2)20(22(27)28)8-10-25-11-13-26(14-12-25)19-7-3-6-18(23)15-19/h3-7,9,15H,8,10-14H2,1-2H3. The van der Waals surface area contributed by atoms with E-state index in [0.29, 0.717) is 0 Å². The number of halogens is 1. The SMILES string of the molecule is Cc1nc2c(C)cccn2c(=O)c1CCN1CCN(c2cccc(Cl)c2)CC1. The Morgan fingerprint density at radius 1 is 1.07 bits per heavy atom. The van der Waals surface area contributed by atoms with Gasteiger partial charge in [-0.1, -0.05) is 23.7 Å². The maximum Gasteiger partial charge on any atom is 0.261 e. The molecule has 5 nitrogen and oxygen atoms in total. The quantitative estimate of drug-likeness (QED) is 0.678. The Labute approximate surface area is 170 Å². The van der Waals surface area contributed by atoms with Crippen molar-refractivity contribution < 1.29 is 0 Å². The Morgan fingerprint density at radius 3 is 2.61 bits per heavy atom. The predicted octanol–water partition coefficient (Wildman–Crippen LogP) is 3.33. The van der Waals surface area contributed by atoms with Crippen molar-refractivity contribution in [3.05, 3.63) is 74.8 Å². The lowest BCUT2D eigenvalue weighted by Gasteiger charge is -2.36. The average molecular weight is 397 g/mol. The van der Waals surface area contributed by atoms with Crippen LogP contribution in [0, 0.1) is 13.8 Å². The Kier molecular flexibility index (Phi) is 5.38. The third kappa shape index (κ3) is 3.77. The molecule has 0 radical (unpaired) electrons. The Bertz CT molecular complexity index is 1050. The minimum atomic E-state index is 0.0590. The number of pyridine rings is 1. The van der Waals surface area contributed by atoms with Gasteiger partial charge in [-0.3, -0.25) is 14.1 Å². The molecule has 0 bridgehead atoms. The van der Waals surface area contributed by atoms with Crippen molar-refractivity contribution in [3.63, 3.8) is 0 Å². The molecule has 146 valence electrons. The predicted molar refractivity (Wildman–Crippen MR) is 115 cm³/mol. The van der Waals surface area contributed by atoms with Crippen molar-refractivity contribution in [1.29, 1.82) is 0 Å². The molecule has 2 aromatic heterocycles. The maximum atomic E-state index is 12.9. The molecule has 1 saturated heterocycles. The van der Waals surface area contributed by atoms with Crippen molar-refractivity contribution in [1.82, 2.24) is 14.3 Å². The normalized spacial score (nSPS) is 15.3. The molecule has 3 aromatic rings. The molecule has 0 unspecified atom stereocenters. The fourth-order valence-corrected chi connectivity index (χ4v) is 4.09. The fraction of sp³-hybridized carbons (Fsp3) is 0.364. The molecule has 1 aliphatic rings. The Balaban J connectivity index is 1.43. The minimum absolute atomic E-state index is 0.0590. The van der Waals surface area contributed by atoms with Crippen molar-refractivity contribution in [2.24, 2.45) is 0 Å². The highest BCUT2D eigenvalue weighted by atomic mass is 35.5. The van der Waals surface area contributed by atoms with Gasteiger partial charge in [0.2, 0.25) is 0 Å². The first kappa shape index (κ1) is 19.0. The van der Waals surface area contributed by atoms with Crippen molar-refractivity contribution in [3.8, 4) is 0 Å².